The maximum atomic E-state index is 13.0. The van der Waals surface area contributed by atoms with Crippen LogP contribution in [0.25, 0.3) is 11.3 Å². The van der Waals surface area contributed by atoms with Crippen LogP contribution in [0.1, 0.15) is 82.5 Å². The Bertz CT molecular complexity index is 1500. The van der Waals surface area contributed by atoms with E-state index in [-0.39, 0.29) is 24.0 Å². The molecular weight excluding hydrogens is 508 g/mol. The fourth-order valence-corrected chi connectivity index (χ4v) is 5.82. The zero-order chi connectivity index (χ0) is 28.0. The third-order valence-electron chi connectivity index (χ3n) is 8.28. The second-order valence-electron chi connectivity index (χ2n) is 11.1. The fourth-order valence-electron chi connectivity index (χ4n) is 5.82. The highest BCUT2D eigenvalue weighted by molar-refractivity contribution is 6.23. The average molecular weight is 541 g/mol. The molecule has 3 amide bonds. The van der Waals surface area contributed by atoms with E-state index in [2.05, 4.69) is 34.2 Å². The van der Waals surface area contributed by atoms with Gasteiger partial charge in [0.15, 0.2) is 0 Å². The highest BCUT2D eigenvalue weighted by Crippen LogP contribution is 2.46. The minimum atomic E-state index is -1.15. The summed E-state index contributed by atoms with van der Waals surface area (Å²) in [4.78, 5) is 54.2. The quantitative estimate of drug-likeness (QED) is 0.280. The lowest BCUT2D eigenvalue weighted by Gasteiger charge is -2.35. The summed E-state index contributed by atoms with van der Waals surface area (Å²) in [5, 5.41) is 8.40. The first kappa shape index (κ1) is 25.9. The topological polar surface area (TPSA) is 140 Å². The number of pyridine rings is 1. The van der Waals surface area contributed by atoms with E-state index in [1.54, 1.807) is 18.2 Å². The van der Waals surface area contributed by atoms with Gasteiger partial charge in [-0.3, -0.25) is 28.9 Å². The SMILES string of the molecule is Cc1cccnc1-c1cn([C@H]2C[C@H](CNc3ccc4c(c3)C(=O)N(C(CCC=O)C(N)=O)C4=O)C2)nc1C1CC1. The van der Waals surface area contributed by atoms with Gasteiger partial charge in [0.05, 0.1) is 28.6 Å². The molecule has 3 aromatic rings. The molecule has 2 fully saturated rings. The Hall–Kier alpha value is -4.34. The van der Waals surface area contributed by atoms with E-state index in [1.807, 2.05) is 12.3 Å². The number of fused-ring (bicyclic) bond motifs is 1. The molecule has 3 aliphatic rings. The lowest BCUT2D eigenvalue weighted by atomic mass is 9.80. The van der Waals surface area contributed by atoms with E-state index in [0.29, 0.717) is 24.2 Å². The molecule has 0 radical (unpaired) electrons. The van der Waals surface area contributed by atoms with E-state index < -0.39 is 23.8 Å². The van der Waals surface area contributed by atoms with Gasteiger partial charge in [0.25, 0.3) is 11.8 Å². The second kappa shape index (κ2) is 10.3. The molecule has 10 nitrogen and oxygen atoms in total. The molecule has 2 saturated carbocycles. The van der Waals surface area contributed by atoms with E-state index in [0.717, 1.165) is 46.8 Å². The monoisotopic (exact) mass is 540 g/mol. The Morgan fingerprint density at radius 2 is 1.93 bits per heavy atom. The standard InChI is InChI=1S/C30H32N6O4/c1-17-4-2-10-32-26(17)24-16-35(34-27(24)19-6-7-19)21-12-18(13-21)15-33-20-8-9-22-23(14-20)30(40)36(29(22)39)25(28(31)38)5-3-11-37/h2,4,8-11,14,16,18-19,21,25,33H,3,5-7,12-13,15H2,1H3,(H2,31,38)/t18-,21-,25?. The molecule has 1 atom stereocenters. The molecule has 2 aliphatic carbocycles. The molecule has 40 heavy (non-hydrogen) atoms. The molecule has 0 spiro atoms. The summed E-state index contributed by atoms with van der Waals surface area (Å²) in [7, 11) is 0. The third kappa shape index (κ3) is 4.67. The minimum absolute atomic E-state index is 0.0135. The molecule has 206 valence electrons. The average Bonchev–Trinajstić information content (AvgIpc) is 3.63. The molecule has 10 heteroatoms. The molecule has 0 saturated heterocycles. The van der Waals surface area contributed by atoms with Crippen LogP contribution in [0.4, 0.5) is 5.69 Å². The van der Waals surface area contributed by atoms with Crippen LogP contribution in [0.15, 0.2) is 42.7 Å². The summed E-state index contributed by atoms with van der Waals surface area (Å²) in [6.07, 6.45) is 9.04. The normalized spacial score (nSPS) is 20.7. The summed E-state index contributed by atoms with van der Waals surface area (Å²) in [6.45, 7) is 2.82. The van der Waals surface area contributed by atoms with Crippen LogP contribution >= 0.6 is 0 Å². The van der Waals surface area contributed by atoms with Crippen molar-refractivity contribution in [3.8, 4) is 11.3 Å². The lowest BCUT2D eigenvalue weighted by molar-refractivity contribution is -0.122. The van der Waals surface area contributed by atoms with E-state index in [4.69, 9.17) is 10.8 Å². The Labute approximate surface area is 231 Å². The maximum absolute atomic E-state index is 13.0. The van der Waals surface area contributed by atoms with Crippen LogP contribution in [0.2, 0.25) is 0 Å². The van der Waals surface area contributed by atoms with Crippen LogP contribution in [0.5, 0.6) is 0 Å². The number of nitrogens with one attached hydrogen (secondary N) is 1. The number of rotatable bonds is 11. The van der Waals surface area contributed by atoms with Crippen molar-refractivity contribution in [3.63, 3.8) is 0 Å². The number of hydrogen-bond donors (Lipinski definition) is 2. The highest BCUT2D eigenvalue weighted by Gasteiger charge is 2.42. The highest BCUT2D eigenvalue weighted by atomic mass is 16.2. The van der Waals surface area contributed by atoms with Gasteiger partial charge in [0, 0.05) is 42.5 Å². The first-order valence-electron chi connectivity index (χ1n) is 13.9. The van der Waals surface area contributed by atoms with Crippen molar-refractivity contribution in [2.75, 3.05) is 11.9 Å². The predicted octanol–water partition coefficient (Wildman–Crippen LogP) is 3.62. The van der Waals surface area contributed by atoms with Gasteiger partial charge in [-0.2, -0.15) is 5.10 Å². The van der Waals surface area contributed by atoms with E-state index in [1.165, 1.54) is 18.5 Å². The summed E-state index contributed by atoms with van der Waals surface area (Å²) >= 11 is 0. The third-order valence-corrected chi connectivity index (χ3v) is 8.28. The number of nitrogens with two attached hydrogens (primary N) is 1. The van der Waals surface area contributed by atoms with Crippen LogP contribution in [-0.2, 0) is 9.59 Å². The minimum Gasteiger partial charge on any atom is -0.385 e. The Kier molecular flexibility index (Phi) is 6.69. The fraction of sp³-hybridized carbons (Fsp3) is 0.400. The summed E-state index contributed by atoms with van der Waals surface area (Å²) in [6, 6.07) is 8.26. The van der Waals surface area contributed by atoms with Crippen molar-refractivity contribution in [1.29, 1.82) is 0 Å². The van der Waals surface area contributed by atoms with Crippen molar-refractivity contribution in [2.24, 2.45) is 11.7 Å². The first-order valence-corrected chi connectivity index (χ1v) is 13.9. The van der Waals surface area contributed by atoms with Crippen LogP contribution < -0.4 is 11.1 Å². The second-order valence-corrected chi connectivity index (χ2v) is 11.1. The van der Waals surface area contributed by atoms with Crippen molar-refractivity contribution in [1.82, 2.24) is 19.7 Å². The number of aryl methyl sites for hydroxylation is 1. The molecule has 1 aliphatic heterocycles. The predicted molar refractivity (Wildman–Crippen MR) is 148 cm³/mol. The molecule has 1 unspecified atom stereocenters. The number of imide groups is 1. The van der Waals surface area contributed by atoms with Gasteiger partial charge in [-0.25, -0.2) is 0 Å². The molecular formula is C30H32N6O4. The summed E-state index contributed by atoms with van der Waals surface area (Å²) < 4.78 is 2.13. The number of amides is 3. The molecule has 3 N–H and O–H groups in total. The summed E-state index contributed by atoms with van der Waals surface area (Å²) in [5.41, 5.74) is 11.1. The van der Waals surface area contributed by atoms with Crippen LogP contribution in [0.3, 0.4) is 0 Å². The Morgan fingerprint density at radius 1 is 1.15 bits per heavy atom. The summed E-state index contributed by atoms with van der Waals surface area (Å²) in [5.74, 6) is -0.954. The van der Waals surface area contributed by atoms with Gasteiger partial charge in [-0.05, 0) is 74.8 Å². The lowest BCUT2D eigenvalue weighted by Crippen LogP contribution is -2.47. The van der Waals surface area contributed by atoms with E-state index in [9.17, 15) is 19.2 Å². The number of benzene rings is 1. The van der Waals surface area contributed by atoms with Gasteiger partial charge >= 0.3 is 0 Å². The van der Waals surface area contributed by atoms with Gasteiger partial charge in [0.2, 0.25) is 5.91 Å². The number of aldehydes is 1. The zero-order valence-corrected chi connectivity index (χ0v) is 22.4. The molecule has 3 heterocycles. The maximum Gasteiger partial charge on any atom is 0.262 e. The van der Waals surface area contributed by atoms with Crippen molar-refractivity contribution >= 4 is 29.7 Å². The van der Waals surface area contributed by atoms with Crippen molar-refractivity contribution < 1.29 is 19.2 Å². The molecule has 1 aromatic carbocycles. The Balaban J connectivity index is 1.09. The number of carbonyl (C=O) groups is 4. The van der Waals surface area contributed by atoms with E-state index >= 15 is 0 Å². The van der Waals surface area contributed by atoms with Gasteiger partial charge < -0.3 is 15.8 Å². The van der Waals surface area contributed by atoms with Crippen molar-refractivity contribution in [3.05, 3.63) is 65.1 Å². The van der Waals surface area contributed by atoms with Crippen molar-refractivity contribution in [2.45, 2.75) is 63.5 Å². The molecule has 0 bridgehead atoms. The molecule has 2 aromatic heterocycles. The van der Waals surface area contributed by atoms with Gasteiger partial charge in [-0.1, -0.05) is 6.07 Å². The number of carbonyl (C=O) groups excluding carboxylic acids is 4. The smallest absolute Gasteiger partial charge is 0.262 e. The number of anilines is 1. The number of nitrogens with zero attached hydrogens (tertiary/aromatic N) is 4. The zero-order valence-electron chi connectivity index (χ0n) is 22.4. The number of primary amides is 1. The first-order chi connectivity index (χ1) is 19.4. The van der Waals surface area contributed by atoms with Crippen LogP contribution in [-0.4, -0.2) is 56.3 Å². The molecule has 6 rings (SSSR count). The number of aromatic nitrogens is 3. The van der Waals surface area contributed by atoms with Gasteiger partial charge in [-0.15, -0.1) is 0 Å². The number of hydrogen-bond acceptors (Lipinski definition) is 7. The largest absolute Gasteiger partial charge is 0.385 e. The Morgan fingerprint density at radius 3 is 2.62 bits per heavy atom. The van der Waals surface area contributed by atoms with Crippen LogP contribution in [0, 0.1) is 12.8 Å². The van der Waals surface area contributed by atoms with Gasteiger partial charge in [0.1, 0.15) is 12.3 Å².